The lowest BCUT2D eigenvalue weighted by molar-refractivity contribution is 0.217. The maximum absolute atomic E-state index is 13.4. The number of para-hydroxylation sites is 2. The van der Waals surface area contributed by atoms with Gasteiger partial charge in [-0.05, 0) is 61.9 Å². The predicted octanol–water partition coefficient (Wildman–Crippen LogP) is 6.52. The summed E-state index contributed by atoms with van der Waals surface area (Å²) in [6, 6.07) is 21.9. The lowest BCUT2D eigenvalue weighted by Gasteiger charge is -2.14. The minimum atomic E-state index is -0.296. The Kier molecular flexibility index (Phi) is 5.90. The molecule has 1 atom stereocenters. The molecule has 0 aliphatic carbocycles. The van der Waals surface area contributed by atoms with Crippen LogP contribution in [0.15, 0.2) is 87.1 Å². The first-order valence-electron chi connectivity index (χ1n) is 11.0. The van der Waals surface area contributed by atoms with E-state index >= 15 is 0 Å². The molecule has 5 aromatic rings. The molecular formula is C27H22ClN3O3. The van der Waals surface area contributed by atoms with Crippen molar-refractivity contribution >= 4 is 39.7 Å². The minimum absolute atomic E-state index is 0.0533. The molecule has 0 fully saturated rings. The maximum atomic E-state index is 13.4. The van der Waals surface area contributed by atoms with Crippen molar-refractivity contribution in [2.75, 3.05) is 0 Å². The molecule has 5 rings (SSSR count). The van der Waals surface area contributed by atoms with Crippen molar-refractivity contribution in [2.45, 2.75) is 26.4 Å². The highest BCUT2D eigenvalue weighted by Gasteiger charge is 2.17. The fraction of sp³-hybridized carbons (Fsp3) is 0.148. The molecule has 2 heterocycles. The summed E-state index contributed by atoms with van der Waals surface area (Å²) in [5.74, 6) is 1.41. The van der Waals surface area contributed by atoms with E-state index in [2.05, 4.69) is 12.0 Å². The van der Waals surface area contributed by atoms with Crippen LogP contribution in [0.1, 0.15) is 25.8 Å². The summed E-state index contributed by atoms with van der Waals surface area (Å²) >= 11 is 6.14. The quantitative estimate of drug-likeness (QED) is 0.264. The first-order chi connectivity index (χ1) is 16.5. The smallest absolute Gasteiger partial charge is 0.282 e. The van der Waals surface area contributed by atoms with Gasteiger partial charge in [-0.25, -0.2) is 4.98 Å². The molecule has 0 N–H and O–H groups in total. The van der Waals surface area contributed by atoms with Crippen molar-refractivity contribution < 1.29 is 9.15 Å². The minimum Gasteiger partial charge on any atom is -0.490 e. The summed E-state index contributed by atoms with van der Waals surface area (Å²) in [5, 5.41) is 6.41. The predicted molar refractivity (Wildman–Crippen MR) is 136 cm³/mol. The van der Waals surface area contributed by atoms with Gasteiger partial charge in [-0.2, -0.15) is 9.78 Å². The summed E-state index contributed by atoms with van der Waals surface area (Å²) in [6.07, 6.45) is 2.54. The van der Waals surface area contributed by atoms with E-state index in [1.165, 1.54) is 4.68 Å². The van der Waals surface area contributed by atoms with Gasteiger partial charge in [0.2, 0.25) is 5.82 Å². The normalized spacial score (nSPS) is 12.6. The van der Waals surface area contributed by atoms with Crippen LogP contribution in [0, 0.1) is 0 Å². The average molecular weight is 472 g/mol. The topological polar surface area (TPSA) is 69.6 Å². The summed E-state index contributed by atoms with van der Waals surface area (Å²) in [5.41, 5.74) is 1.67. The molecule has 3 aromatic carbocycles. The van der Waals surface area contributed by atoms with Crippen molar-refractivity contribution in [2.24, 2.45) is 5.10 Å². The van der Waals surface area contributed by atoms with Crippen LogP contribution in [-0.4, -0.2) is 22.0 Å². The van der Waals surface area contributed by atoms with Crippen LogP contribution >= 0.6 is 11.6 Å². The van der Waals surface area contributed by atoms with E-state index in [1.807, 2.05) is 43.3 Å². The van der Waals surface area contributed by atoms with Gasteiger partial charge < -0.3 is 9.15 Å². The van der Waals surface area contributed by atoms with Gasteiger partial charge in [0.25, 0.3) is 5.56 Å². The molecule has 0 saturated carbocycles. The van der Waals surface area contributed by atoms with Gasteiger partial charge in [-0.15, -0.1) is 0 Å². The van der Waals surface area contributed by atoms with Crippen molar-refractivity contribution in [1.29, 1.82) is 0 Å². The number of aromatic nitrogens is 2. The molecule has 0 amide bonds. The second kappa shape index (κ2) is 9.15. The highest BCUT2D eigenvalue weighted by Crippen LogP contribution is 2.29. The molecule has 0 aliphatic heterocycles. The number of rotatable bonds is 6. The van der Waals surface area contributed by atoms with Gasteiger partial charge in [-0.3, -0.25) is 4.79 Å². The number of halogens is 1. The standard InChI is InChI=1S/C27H22ClN3O3/c1-3-17(2)33-23-11-7-4-8-18(23)16-29-31-26(30-22-10-6-5-9-21(22)27(31)32)25-15-19-14-20(28)12-13-24(19)34-25/h4-17H,3H2,1-2H3/t17-/m0/s1. The highest BCUT2D eigenvalue weighted by atomic mass is 35.5. The third-order valence-electron chi connectivity index (χ3n) is 5.59. The van der Waals surface area contributed by atoms with E-state index in [1.54, 1.807) is 42.6 Å². The molecule has 7 heteroatoms. The van der Waals surface area contributed by atoms with Crippen molar-refractivity contribution in [3.05, 3.63) is 93.7 Å². The molecule has 0 unspecified atom stereocenters. The first kappa shape index (κ1) is 21.9. The number of fused-ring (bicyclic) bond motifs is 2. The number of nitrogens with zero attached hydrogens (tertiary/aromatic N) is 3. The Hall–Kier alpha value is -3.90. The zero-order valence-corrected chi connectivity index (χ0v) is 19.5. The van der Waals surface area contributed by atoms with Crippen molar-refractivity contribution in [3.63, 3.8) is 0 Å². The lowest BCUT2D eigenvalue weighted by atomic mass is 10.2. The Morgan fingerprint density at radius 3 is 2.76 bits per heavy atom. The van der Waals surface area contributed by atoms with E-state index in [-0.39, 0.29) is 11.7 Å². The van der Waals surface area contributed by atoms with E-state index in [0.717, 1.165) is 17.4 Å². The number of hydrogen-bond acceptors (Lipinski definition) is 5. The summed E-state index contributed by atoms with van der Waals surface area (Å²) in [6.45, 7) is 4.08. The monoisotopic (exact) mass is 471 g/mol. The van der Waals surface area contributed by atoms with E-state index in [4.69, 9.17) is 25.7 Å². The van der Waals surface area contributed by atoms with Gasteiger partial charge in [-0.1, -0.05) is 42.8 Å². The van der Waals surface area contributed by atoms with Crippen LogP contribution in [0.4, 0.5) is 0 Å². The van der Waals surface area contributed by atoms with Crippen LogP contribution in [-0.2, 0) is 0 Å². The summed E-state index contributed by atoms with van der Waals surface area (Å²) < 4.78 is 13.3. The van der Waals surface area contributed by atoms with Gasteiger partial charge in [0.05, 0.1) is 23.2 Å². The zero-order valence-electron chi connectivity index (χ0n) is 18.7. The molecule has 0 spiro atoms. The van der Waals surface area contributed by atoms with Crippen molar-refractivity contribution in [3.8, 4) is 17.3 Å². The number of furan rings is 1. The largest absolute Gasteiger partial charge is 0.490 e. The second-order valence-electron chi connectivity index (χ2n) is 7.98. The van der Waals surface area contributed by atoms with Gasteiger partial charge in [0, 0.05) is 16.0 Å². The summed E-state index contributed by atoms with van der Waals surface area (Å²) in [7, 11) is 0. The molecule has 0 bridgehead atoms. The zero-order chi connectivity index (χ0) is 23.7. The van der Waals surface area contributed by atoms with Crippen LogP contribution < -0.4 is 10.3 Å². The first-order valence-corrected chi connectivity index (χ1v) is 11.4. The molecule has 0 aliphatic rings. The van der Waals surface area contributed by atoms with Crippen LogP contribution in [0.2, 0.25) is 5.02 Å². The van der Waals surface area contributed by atoms with Crippen LogP contribution in [0.25, 0.3) is 33.5 Å². The fourth-order valence-corrected chi connectivity index (χ4v) is 3.81. The van der Waals surface area contributed by atoms with Crippen molar-refractivity contribution in [1.82, 2.24) is 9.66 Å². The highest BCUT2D eigenvalue weighted by molar-refractivity contribution is 6.31. The maximum Gasteiger partial charge on any atom is 0.282 e. The summed E-state index contributed by atoms with van der Waals surface area (Å²) in [4.78, 5) is 18.1. The lowest BCUT2D eigenvalue weighted by Crippen LogP contribution is -2.20. The Morgan fingerprint density at radius 2 is 1.91 bits per heavy atom. The van der Waals surface area contributed by atoms with Gasteiger partial charge in [0.1, 0.15) is 11.3 Å². The third-order valence-corrected chi connectivity index (χ3v) is 5.82. The molecular weight excluding hydrogens is 450 g/mol. The molecule has 6 nitrogen and oxygen atoms in total. The molecule has 170 valence electrons. The number of ether oxygens (including phenoxy) is 1. The van der Waals surface area contributed by atoms with E-state index < -0.39 is 0 Å². The number of benzene rings is 3. The Balaban J connectivity index is 1.68. The van der Waals surface area contributed by atoms with Gasteiger partial charge >= 0.3 is 0 Å². The van der Waals surface area contributed by atoms with Gasteiger partial charge in [0.15, 0.2) is 5.76 Å². The van der Waals surface area contributed by atoms with E-state index in [0.29, 0.717) is 38.8 Å². The molecule has 0 saturated heterocycles. The molecule has 2 aromatic heterocycles. The average Bonchev–Trinajstić information content (AvgIpc) is 3.27. The van der Waals surface area contributed by atoms with Crippen LogP contribution in [0.3, 0.4) is 0 Å². The Morgan fingerprint density at radius 1 is 1.12 bits per heavy atom. The SMILES string of the molecule is CC[C@H](C)Oc1ccccc1C=Nn1c(-c2cc3cc(Cl)ccc3o2)nc2ccccc2c1=O. The number of hydrogen-bond donors (Lipinski definition) is 0. The molecule has 34 heavy (non-hydrogen) atoms. The second-order valence-corrected chi connectivity index (χ2v) is 8.42. The Labute approximate surface area is 201 Å². The third kappa shape index (κ3) is 4.20. The van der Waals surface area contributed by atoms with E-state index in [9.17, 15) is 4.79 Å². The molecule has 0 radical (unpaired) electrons. The van der Waals surface area contributed by atoms with Crippen LogP contribution in [0.5, 0.6) is 5.75 Å². The Bertz CT molecular complexity index is 1590. The fourth-order valence-electron chi connectivity index (χ4n) is 3.63.